The van der Waals surface area contributed by atoms with Crippen LogP contribution in [0.3, 0.4) is 0 Å². The van der Waals surface area contributed by atoms with Crippen molar-refractivity contribution < 1.29 is 4.79 Å². The smallest absolute Gasteiger partial charge is 0.323 e. The molecule has 8 heteroatoms. The van der Waals surface area contributed by atoms with E-state index in [2.05, 4.69) is 15.3 Å². The molecule has 0 bridgehead atoms. The molecule has 1 saturated heterocycles. The molecule has 2 amide bonds. The van der Waals surface area contributed by atoms with E-state index in [0.717, 1.165) is 42.2 Å². The van der Waals surface area contributed by atoms with E-state index in [9.17, 15) is 9.59 Å². The van der Waals surface area contributed by atoms with Gasteiger partial charge in [0.15, 0.2) is 5.13 Å². The van der Waals surface area contributed by atoms with Crippen LogP contribution in [0.4, 0.5) is 9.93 Å². The molecule has 0 unspecified atom stereocenters. The minimum absolute atomic E-state index is 0.0420. The third-order valence-electron chi connectivity index (χ3n) is 5.93. The van der Waals surface area contributed by atoms with Crippen molar-refractivity contribution in [2.75, 3.05) is 18.4 Å². The third kappa shape index (κ3) is 3.97. The number of rotatable bonds is 3. The molecule has 0 atom stereocenters. The summed E-state index contributed by atoms with van der Waals surface area (Å²) in [6.45, 7) is 5.76. The van der Waals surface area contributed by atoms with Crippen LogP contribution in [0, 0.1) is 19.8 Å². The number of nitrogens with zero attached hydrogens (tertiary/aromatic N) is 4. The van der Waals surface area contributed by atoms with Gasteiger partial charge in [0, 0.05) is 35.8 Å². The molecule has 2 aliphatic rings. The molecule has 0 spiro atoms. The Labute approximate surface area is 168 Å². The summed E-state index contributed by atoms with van der Waals surface area (Å²) in [5, 5.41) is 3.71. The van der Waals surface area contributed by atoms with Gasteiger partial charge in [-0.25, -0.2) is 14.8 Å². The molecular weight excluding hydrogens is 374 g/mol. The molecule has 1 aliphatic heterocycles. The number of amides is 2. The summed E-state index contributed by atoms with van der Waals surface area (Å²) < 4.78 is 1.71. The van der Waals surface area contributed by atoms with Crippen molar-refractivity contribution in [2.24, 2.45) is 5.92 Å². The van der Waals surface area contributed by atoms with Gasteiger partial charge in [-0.05, 0) is 58.3 Å². The molecule has 28 heavy (non-hydrogen) atoms. The molecule has 4 rings (SSSR count). The van der Waals surface area contributed by atoms with Crippen LogP contribution in [0.25, 0.3) is 0 Å². The highest BCUT2D eigenvalue weighted by Crippen LogP contribution is 2.30. The van der Waals surface area contributed by atoms with E-state index < -0.39 is 0 Å². The molecule has 0 radical (unpaired) electrons. The zero-order valence-electron chi connectivity index (χ0n) is 16.5. The molecule has 3 heterocycles. The fourth-order valence-electron chi connectivity index (χ4n) is 3.98. The maximum atomic E-state index is 12.6. The van der Waals surface area contributed by atoms with Gasteiger partial charge < -0.3 is 4.90 Å². The van der Waals surface area contributed by atoms with Gasteiger partial charge in [-0.3, -0.25) is 14.7 Å². The first kappa shape index (κ1) is 19.1. The topological polar surface area (TPSA) is 80.1 Å². The normalized spacial score (nSPS) is 17.4. The zero-order chi connectivity index (χ0) is 19.7. The lowest BCUT2D eigenvalue weighted by molar-refractivity contribution is 0.176. The zero-order valence-corrected chi connectivity index (χ0v) is 17.3. The minimum atomic E-state index is -0.0606. The second-order valence-electron chi connectivity index (χ2n) is 7.87. The predicted molar refractivity (Wildman–Crippen MR) is 110 cm³/mol. The highest BCUT2D eigenvalue weighted by atomic mass is 32.1. The highest BCUT2D eigenvalue weighted by Gasteiger charge is 2.25. The largest absolute Gasteiger partial charge is 0.324 e. The van der Waals surface area contributed by atoms with E-state index in [1.807, 2.05) is 18.7 Å². The van der Waals surface area contributed by atoms with E-state index in [-0.39, 0.29) is 11.6 Å². The molecule has 1 aliphatic carbocycles. The van der Waals surface area contributed by atoms with Gasteiger partial charge >= 0.3 is 6.03 Å². The van der Waals surface area contributed by atoms with Crippen LogP contribution in [0.5, 0.6) is 0 Å². The summed E-state index contributed by atoms with van der Waals surface area (Å²) in [6.07, 6.45) is 7.95. The van der Waals surface area contributed by atoms with E-state index in [0.29, 0.717) is 31.1 Å². The van der Waals surface area contributed by atoms with Crippen molar-refractivity contribution in [3.05, 3.63) is 38.5 Å². The molecule has 0 saturated carbocycles. The number of aromatic nitrogens is 3. The predicted octanol–water partition coefficient (Wildman–Crippen LogP) is 3.14. The van der Waals surface area contributed by atoms with Crippen LogP contribution in [0.1, 0.15) is 47.5 Å². The Morgan fingerprint density at radius 3 is 2.75 bits per heavy atom. The summed E-state index contributed by atoms with van der Waals surface area (Å²) in [5.74, 6) is 0.387. The van der Waals surface area contributed by atoms with Crippen molar-refractivity contribution in [1.82, 2.24) is 19.4 Å². The number of nitrogens with one attached hydrogen (secondary N) is 1. The Kier molecular flexibility index (Phi) is 5.48. The fourth-order valence-corrected chi connectivity index (χ4v) is 5.02. The van der Waals surface area contributed by atoms with Crippen LogP contribution in [0.2, 0.25) is 0 Å². The highest BCUT2D eigenvalue weighted by molar-refractivity contribution is 7.15. The number of piperidine rings is 1. The van der Waals surface area contributed by atoms with Crippen molar-refractivity contribution in [3.63, 3.8) is 0 Å². The molecular formula is C20H27N5O2S. The number of hydrogen-bond donors (Lipinski definition) is 1. The number of likely N-dealkylation sites (tertiary alicyclic amines) is 1. The van der Waals surface area contributed by atoms with Crippen molar-refractivity contribution in [1.29, 1.82) is 0 Å². The van der Waals surface area contributed by atoms with Gasteiger partial charge in [0.25, 0.3) is 5.56 Å². The number of fused-ring (bicyclic) bond motifs is 1. The SMILES string of the molecule is Cc1ncn(CC2CCN(C(=O)Nc3nc4c(s3)CCCC4)CC2)c(=O)c1C. The van der Waals surface area contributed by atoms with Crippen molar-refractivity contribution >= 4 is 22.5 Å². The number of hydrogen-bond acceptors (Lipinski definition) is 5. The Hall–Kier alpha value is -2.22. The molecule has 2 aromatic rings. The van der Waals surface area contributed by atoms with Gasteiger partial charge in [-0.1, -0.05) is 0 Å². The first-order chi connectivity index (χ1) is 13.5. The molecule has 1 N–H and O–H groups in total. The number of aryl methyl sites for hydroxylation is 3. The van der Waals surface area contributed by atoms with Crippen LogP contribution in [0.15, 0.2) is 11.1 Å². The van der Waals surface area contributed by atoms with Crippen molar-refractivity contribution in [3.8, 4) is 0 Å². The van der Waals surface area contributed by atoms with E-state index >= 15 is 0 Å². The van der Waals surface area contributed by atoms with E-state index in [1.54, 1.807) is 22.2 Å². The Morgan fingerprint density at radius 2 is 2.00 bits per heavy atom. The first-order valence-electron chi connectivity index (χ1n) is 10.1. The standard InChI is InChI=1S/C20H27N5O2S/c1-13-14(2)21-12-25(18(13)26)11-15-7-9-24(10-8-15)20(27)23-19-22-16-5-3-4-6-17(16)28-19/h12,15H,3-11H2,1-2H3,(H,22,23,27). The van der Waals surface area contributed by atoms with Crippen LogP contribution < -0.4 is 10.9 Å². The van der Waals surface area contributed by atoms with Gasteiger partial charge in [-0.2, -0.15) is 0 Å². The number of anilines is 1. The lowest BCUT2D eigenvalue weighted by Gasteiger charge is -2.32. The number of thiazole rings is 1. The summed E-state index contributed by atoms with van der Waals surface area (Å²) in [6, 6.07) is -0.0606. The summed E-state index contributed by atoms with van der Waals surface area (Å²) in [7, 11) is 0. The third-order valence-corrected chi connectivity index (χ3v) is 7.00. The van der Waals surface area contributed by atoms with Crippen LogP contribution in [-0.4, -0.2) is 38.6 Å². The lowest BCUT2D eigenvalue weighted by Crippen LogP contribution is -2.42. The molecule has 2 aromatic heterocycles. The van der Waals surface area contributed by atoms with Gasteiger partial charge in [0.1, 0.15) is 0 Å². The van der Waals surface area contributed by atoms with Crippen LogP contribution >= 0.6 is 11.3 Å². The van der Waals surface area contributed by atoms with Crippen LogP contribution in [-0.2, 0) is 19.4 Å². The minimum Gasteiger partial charge on any atom is -0.324 e. The molecule has 150 valence electrons. The average molecular weight is 402 g/mol. The molecule has 1 fully saturated rings. The second-order valence-corrected chi connectivity index (χ2v) is 8.95. The maximum Gasteiger partial charge on any atom is 0.323 e. The summed E-state index contributed by atoms with van der Waals surface area (Å²) >= 11 is 1.62. The van der Waals surface area contributed by atoms with Gasteiger partial charge in [0.05, 0.1) is 12.0 Å². The number of carbonyl (C=O) groups is 1. The Balaban J connectivity index is 1.31. The second kappa shape index (κ2) is 8.03. The summed E-state index contributed by atoms with van der Waals surface area (Å²) in [5.41, 5.74) is 2.71. The fraction of sp³-hybridized carbons (Fsp3) is 0.600. The summed E-state index contributed by atoms with van der Waals surface area (Å²) in [4.78, 5) is 37.1. The number of urea groups is 1. The maximum absolute atomic E-state index is 12.6. The van der Waals surface area contributed by atoms with E-state index in [4.69, 9.17) is 0 Å². The first-order valence-corrected chi connectivity index (χ1v) is 10.9. The van der Waals surface area contributed by atoms with Gasteiger partial charge in [-0.15, -0.1) is 11.3 Å². The monoisotopic (exact) mass is 401 g/mol. The molecule has 0 aromatic carbocycles. The van der Waals surface area contributed by atoms with E-state index in [1.165, 1.54) is 17.7 Å². The van der Waals surface area contributed by atoms with Crippen molar-refractivity contribution in [2.45, 2.75) is 58.9 Å². The quantitative estimate of drug-likeness (QED) is 0.857. The number of carbonyl (C=O) groups excluding carboxylic acids is 1. The van der Waals surface area contributed by atoms with Gasteiger partial charge in [0.2, 0.25) is 0 Å². The Bertz CT molecular complexity index is 904. The lowest BCUT2D eigenvalue weighted by atomic mass is 9.97. The average Bonchev–Trinajstić information content (AvgIpc) is 3.11. The Morgan fingerprint density at radius 1 is 1.25 bits per heavy atom. The molecule has 7 nitrogen and oxygen atoms in total.